The van der Waals surface area contributed by atoms with Crippen molar-refractivity contribution in [3.8, 4) is 0 Å². The van der Waals surface area contributed by atoms with Crippen LogP contribution in [0.2, 0.25) is 0 Å². The zero-order chi connectivity index (χ0) is 13.9. The van der Waals surface area contributed by atoms with Crippen LogP contribution in [0.4, 0.5) is 10.1 Å². The number of aldehydes is 1. The minimum absolute atomic E-state index is 0.319. The molecule has 0 amide bonds. The van der Waals surface area contributed by atoms with Gasteiger partial charge in [0, 0.05) is 18.7 Å². The highest BCUT2D eigenvalue weighted by molar-refractivity contribution is 5.76. The number of hydrogen-bond donors (Lipinski definition) is 0. The van der Waals surface area contributed by atoms with Gasteiger partial charge in [-0.15, -0.1) is 0 Å². The summed E-state index contributed by atoms with van der Waals surface area (Å²) in [6.07, 6.45) is 2.52. The van der Waals surface area contributed by atoms with Gasteiger partial charge in [0.05, 0.1) is 5.69 Å². The Kier molecular flexibility index (Phi) is 3.50. The van der Waals surface area contributed by atoms with E-state index in [4.69, 9.17) is 0 Å². The number of carbonyl (C=O) groups is 1. The highest BCUT2D eigenvalue weighted by Crippen LogP contribution is 2.24. The average molecular weight is 269 g/mol. The van der Waals surface area contributed by atoms with E-state index in [0.29, 0.717) is 17.5 Å². The summed E-state index contributed by atoms with van der Waals surface area (Å²) in [6, 6.07) is 13.1. The zero-order valence-corrected chi connectivity index (χ0v) is 11.2. The van der Waals surface area contributed by atoms with Crippen molar-refractivity contribution in [2.75, 3.05) is 18.0 Å². The third kappa shape index (κ3) is 2.44. The van der Waals surface area contributed by atoms with E-state index in [-0.39, 0.29) is 5.82 Å². The van der Waals surface area contributed by atoms with Gasteiger partial charge in [-0.1, -0.05) is 24.3 Å². The van der Waals surface area contributed by atoms with Crippen molar-refractivity contribution in [3.05, 3.63) is 65.0 Å². The Labute approximate surface area is 117 Å². The van der Waals surface area contributed by atoms with Gasteiger partial charge in [0.2, 0.25) is 0 Å². The first-order valence-corrected chi connectivity index (χ1v) is 6.84. The first-order valence-electron chi connectivity index (χ1n) is 6.84. The van der Waals surface area contributed by atoms with E-state index in [9.17, 15) is 9.18 Å². The van der Waals surface area contributed by atoms with Crippen LogP contribution in [0.1, 0.15) is 21.5 Å². The molecule has 20 heavy (non-hydrogen) atoms. The summed E-state index contributed by atoms with van der Waals surface area (Å²) < 4.78 is 14.1. The van der Waals surface area contributed by atoms with E-state index < -0.39 is 0 Å². The highest BCUT2D eigenvalue weighted by atomic mass is 19.1. The standard InChI is InChI=1S/C17H16FNO/c18-16-11-13(12-20)5-6-17(16)19-9-7-14-3-1-2-4-15(14)8-10-19/h1-6,11-12H,7-10H2. The minimum Gasteiger partial charge on any atom is -0.369 e. The number of benzene rings is 2. The molecular weight excluding hydrogens is 253 g/mol. The second kappa shape index (κ2) is 5.45. The topological polar surface area (TPSA) is 20.3 Å². The summed E-state index contributed by atoms with van der Waals surface area (Å²) in [5.41, 5.74) is 3.66. The van der Waals surface area contributed by atoms with Crippen LogP contribution in [0.15, 0.2) is 42.5 Å². The monoisotopic (exact) mass is 269 g/mol. The molecule has 0 bridgehead atoms. The van der Waals surface area contributed by atoms with Gasteiger partial charge in [0.25, 0.3) is 0 Å². The predicted molar refractivity (Wildman–Crippen MR) is 77.9 cm³/mol. The van der Waals surface area contributed by atoms with Crippen LogP contribution >= 0.6 is 0 Å². The molecule has 0 saturated heterocycles. The smallest absolute Gasteiger partial charge is 0.150 e. The summed E-state index contributed by atoms with van der Waals surface area (Å²) in [7, 11) is 0. The van der Waals surface area contributed by atoms with E-state index in [1.807, 2.05) is 12.1 Å². The van der Waals surface area contributed by atoms with E-state index in [0.717, 1.165) is 25.9 Å². The first kappa shape index (κ1) is 12.9. The van der Waals surface area contributed by atoms with Crippen LogP contribution in [0.25, 0.3) is 0 Å². The Hall–Kier alpha value is -2.16. The third-order valence-electron chi connectivity index (χ3n) is 3.87. The van der Waals surface area contributed by atoms with Crippen molar-refractivity contribution in [1.82, 2.24) is 0 Å². The number of hydrogen-bond acceptors (Lipinski definition) is 2. The Morgan fingerprint density at radius 3 is 2.20 bits per heavy atom. The fourth-order valence-electron chi connectivity index (χ4n) is 2.76. The molecule has 2 nitrogen and oxygen atoms in total. The summed E-state index contributed by atoms with van der Waals surface area (Å²) in [5, 5.41) is 0. The van der Waals surface area contributed by atoms with Crippen LogP contribution < -0.4 is 4.90 Å². The van der Waals surface area contributed by atoms with Crippen molar-refractivity contribution >= 4 is 12.0 Å². The van der Waals surface area contributed by atoms with E-state index in [1.54, 1.807) is 12.1 Å². The fourth-order valence-corrected chi connectivity index (χ4v) is 2.76. The lowest BCUT2D eigenvalue weighted by Gasteiger charge is -2.23. The molecule has 0 fully saturated rings. The Bertz CT molecular complexity index is 612. The van der Waals surface area contributed by atoms with Gasteiger partial charge < -0.3 is 4.90 Å². The molecule has 0 spiro atoms. The van der Waals surface area contributed by atoms with Crippen LogP contribution in [-0.4, -0.2) is 19.4 Å². The molecule has 102 valence electrons. The van der Waals surface area contributed by atoms with Crippen LogP contribution in [0.5, 0.6) is 0 Å². The second-order valence-corrected chi connectivity index (χ2v) is 5.08. The van der Waals surface area contributed by atoms with Gasteiger partial charge in [-0.2, -0.15) is 0 Å². The lowest BCUT2D eigenvalue weighted by Crippen LogP contribution is -2.26. The minimum atomic E-state index is -0.319. The van der Waals surface area contributed by atoms with Crippen LogP contribution in [0, 0.1) is 5.82 Å². The van der Waals surface area contributed by atoms with Gasteiger partial charge in [-0.25, -0.2) is 4.39 Å². The SMILES string of the molecule is O=Cc1ccc(N2CCc3ccccc3CC2)c(F)c1. The molecule has 0 saturated carbocycles. The van der Waals surface area contributed by atoms with Crippen molar-refractivity contribution in [1.29, 1.82) is 0 Å². The quantitative estimate of drug-likeness (QED) is 0.780. The number of halogens is 1. The van der Waals surface area contributed by atoms with E-state index in [1.165, 1.54) is 17.2 Å². The number of anilines is 1. The fraction of sp³-hybridized carbons (Fsp3) is 0.235. The van der Waals surface area contributed by atoms with E-state index in [2.05, 4.69) is 17.0 Å². The molecule has 1 heterocycles. The van der Waals surface area contributed by atoms with Gasteiger partial charge in [0.15, 0.2) is 0 Å². The number of nitrogens with zero attached hydrogens (tertiary/aromatic N) is 1. The number of rotatable bonds is 2. The Morgan fingerprint density at radius 1 is 1.00 bits per heavy atom. The molecule has 0 atom stereocenters. The second-order valence-electron chi connectivity index (χ2n) is 5.08. The first-order chi connectivity index (χ1) is 9.78. The molecule has 1 aliphatic rings. The molecule has 2 aromatic rings. The maximum atomic E-state index is 14.1. The predicted octanol–water partition coefficient (Wildman–Crippen LogP) is 3.24. The average Bonchev–Trinajstić information content (AvgIpc) is 2.70. The van der Waals surface area contributed by atoms with Crippen molar-refractivity contribution < 1.29 is 9.18 Å². The molecule has 0 aromatic heterocycles. The molecule has 0 aliphatic carbocycles. The molecule has 3 rings (SSSR count). The Balaban J connectivity index is 1.85. The lowest BCUT2D eigenvalue weighted by molar-refractivity contribution is 0.112. The summed E-state index contributed by atoms with van der Waals surface area (Å²) in [4.78, 5) is 12.7. The molecule has 0 N–H and O–H groups in total. The summed E-state index contributed by atoms with van der Waals surface area (Å²) in [6.45, 7) is 1.60. The zero-order valence-electron chi connectivity index (χ0n) is 11.2. The lowest BCUT2D eigenvalue weighted by atomic mass is 10.0. The summed E-state index contributed by atoms with van der Waals surface area (Å²) >= 11 is 0. The maximum Gasteiger partial charge on any atom is 0.150 e. The molecule has 2 aromatic carbocycles. The third-order valence-corrected chi connectivity index (χ3v) is 3.87. The van der Waals surface area contributed by atoms with Crippen molar-refractivity contribution in [2.45, 2.75) is 12.8 Å². The van der Waals surface area contributed by atoms with E-state index >= 15 is 0 Å². The Morgan fingerprint density at radius 2 is 1.65 bits per heavy atom. The van der Waals surface area contributed by atoms with Gasteiger partial charge >= 0.3 is 0 Å². The molecular formula is C17H16FNO. The van der Waals surface area contributed by atoms with Gasteiger partial charge in [0.1, 0.15) is 12.1 Å². The largest absolute Gasteiger partial charge is 0.369 e. The summed E-state index contributed by atoms with van der Waals surface area (Å²) in [5.74, 6) is -0.319. The van der Waals surface area contributed by atoms with Crippen molar-refractivity contribution in [2.24, 2.45) is 0 Å². The van der Waals surface area contributed by atoms with Crippen LogP contribution in [0.3, 0.4) is 0 Å². The normalized spacial score (nSPS) is 14.6. The molecule has 0 unspecified atom stereocenters. The van der Waals surface area contributed by atoms with Gasteiger partial charge in [-0.05, 0) is 42.2 Å². The highest BCUT2D eigenvalue weighted by Gasteiger charge is 2.16. The number of fused-ring (bicyclic) bond motifs is 1. The maximum absolute atomic E-state index is 14.1. The molecule has 1 aliphatic heterocycles. The molecule has 3 heteroatoms. The van der Waals surface area contributed by atoms with Crippen LogP contribution in [-0.2, 0) is 12.8 Å². The molecule has 0 radical (unpaired) electrons. The van der Waals surface area contributed by atoms with Gasteiger partial charge in [-0.3, -0.25) is 4.79 Å². The van der Waals surface area contributed by atoms with Crippen molar-refractivity contribution in [3.63, 3.8) is 0 Å². The number of carbonyl (C=O) groups excluding carboxylic acids is 1.